The summed E-state index contributed by atoms with van der Waals surface area (Å²) in [4.78, 5) is 13.2. The topological polar surface area (TPSA) is 38.3 Å². The Morgan fingerprint density at radius 1 is 1.12 bits per heavy atom. The fourth-order valence-corrected chi connectivity index (χ4v) is 3.91. The summed E-state index contributed by atoms with van der Waals surface area (Å²) in [7, 11) is 0. The van der Waals surface area contributed by atoms with Gasteiger partial charge in [-0.25, -0.2) is 0 Å². The second-order valence-electron chi connectivity index (χ2n) is 7.45. The van der Waals surface area contributed by atoms with E-state index in [2.05, 4.69) is 19.2 Å². The highest BCUT2D eigenvalue weighted by Crippen LogP contribution is 2.44. The molecule has 0 aromatic heterocycles. The molecule has 3 nitrogen and oxygen atoms in total. The standard InChI is InChI=1S/C22H26ClNO2/c1-16(2)15-26-18-11-9-17(10-12-18)24-21(25)22(13-5-6-14-22)19-7-3-4-8-20(19)23/h3-4,7-12,16H,5-6,13-15H2,1-2H3,(H,24,25). The van der Waals surface area contributed by atoms with Crippen LogP contribution in [0.15, 0.2) is 48.5 Å². The summed E-state index contributed by atoms with van der Waals surface area (Å²) >= 11 is 6.43. The van der Waals surface area contributed by atoms with Crippen LogP contribution < -0.4 is 10.1 Å². The van der Waals surface area contributed by atoms with Gasteiger partial charge in [0.05, 0.1) is 12.0 Å². The Hall–Kier alpha value is -2.00. The van der Waals surface area contributed by atoms with E-state index >= 15 is 0 Å². The van der Waals surface area contributed by atoms with Crippen LogP contribution in [0.5, 0.6) is 5.75 Å². The van der Waals surface area contributed by atoms with Crippen molar-refractivity contribution in [1.29, 1.82) is 0 Å². The number of nitrogens with one attached hydrogen (secondary N) is 1. The maximum Gasteiger partial charge on any atom is 0.235 e. The summed E-state index contributed by atoms with van der Waals surface area (Å²) in [6.45, 7) is 4.91. The Morgan fingerprint density at radius 3 is 2.38 bits per heavy atom. The van der Waals surface area contributed by atoms with Gasteiger partial charge in [0.2, 0.25) is 5.91 Å². The summed E-state index contributed by atoms with van der Waals surface area (Å²) in [5, 5.41) is 3.76. The molecule has 1 fully saturated rings. The SMILES string of the molecule is CC(C)COc1ccc(NC(=O)C2(c3ccccc3Cl)CCCC2)cc1. The quantitative estimate of drug-likeness (QED) is 0.694. The van der Waals surface area contributed by atoms with Gasteiger partial charge in [-0.1, -0.05) is 56.5 Å². The molecule has 0 spiro atoms. The van der Waals surface area contributed by atoms with Gasteiger partial charge in [-0.2, -0.15) is 0 Å². The number of rotatable bonds is 6. The number of hydrogen-bond acceptors (Lipinski definition) is 2. The molecule has 0 heterocycles. The summed E-state index contributed by atoms with van der Waals surface area (Å²) in [5.41, 5.74) is 1.18. The first-order valence-electron chi connectivity index (χ1n) is 9.30. The fourth-order valence-electron chi connectivity index (χ4n) is 3.59. The third kappa shape index (κ3) is 4.04. The first kappa shape index (κ1) is 18.8. The van der Waals surface area contributed by atoms with E-state index in [0.29, 0.717) is 17.5 Å². The van der Waals surface area contributed by atoms with Gasteiger partial charge in [0, 0.05) is 10.7 Å². The van der Waals surface area contributed by atoms with Crippen LogP contribution in [0.3, 0.4) is 0 Å². The Labute approximate surface area is 160 Å². The molecule has 1 amide bonds. The summed E-state index contributed by atoms with van der Waals surface area (Å²) in [6.07, 6.45) is 3.75. The van der Waals surface area contributed by atoms with Gasteiger partial charge in [-0.15, -0.1) is 0 Å². The Kier molecular flexibility index (Phi) is 5.87. The van der Waals surface area contributed by atoms with Crippen LogP contribution >= 0.6 is 11.6 Å². The van der Waals surface area contributed by atoms with Gasteiger partial charge in [0.25, 0.3) is 0 Å². The molecule has 1 aliphatic rings. The van der Waals surface area contributed by atoms with Crippen LogP contribution in [0.25, 0.3) is 0 Å². The summed E-state index contributed by atoms with van der Waals surface area (Å²) in [5.74, 6) is 1.32. The van der Waals surface area contributed by atoms with E-state index < -0.39 is 5.41 Å². The number of carbonyl (C=O) groups excluding carboxylic acids is 1. The zero-order chi connectivity index (χ0) is 18.6. The lowest BCUT2D eigenvalue weighted by Gasteiger charge is -2.29. The molecular weight excluding hydrogens is 346 g/mol. The predicted molar refractivity (Wildman–Crippen MR) is 107 cm³/mol. The molecule has 1 N–H and O–H groups in total. The van der Waals surface area contributed by atoms with E-state index in [-0.39, 0.29) is 5.91 Å². The van der Waals surface area contributed by atoms with Crippen molar-refractivity contribution in [3.8, 4) is 5.75 Å². The average Bonchev–Trinajstić information content (AvgIpc) is 3.12. The first-order valence-corrected chi connectivity index (χ1v) is 9.68. The third-order valence-corrected chi connectivity index (χ3v) is 5.31. The molecule has 1 aliphatic carbocycles. The minimum absolute atomic E-state index is 0.0268. The van der Waals surface area contributed by atoms with Gasteiger partial charge >= 0.3 is 0 Å². The van der Waals surface area contributed by atoms with E-state index in [1.54, 1.807) is 0 Å². The monoisotopic (exact) mass is 371 g/mol. The number of benzene rings is 2. The number of ether oxygens (including phenoxy) is 1. The Bertz CT molecular complexity index is 749. The maximum atomic E-state index is 13.2. The van der Waals surface area contributed by atoms with Gasteiger partial charge in [0.1, 0.15) is 5.75 Å². The zero-order valence-electron chi connectivity index (χ0n) is 15.4. The van der Waals surface area contributed by atoms with Crippen molar-refractivity contribution in [2.45, 2.75) is 44.9 Å². The molecule has 0 bridgehead atoms. The molecular formula is C22H26ClNO2. The van der Waals surface area contributed by atoms with Crippen LogP contribution in [-0.4, -0.2) is 12.5 Å². The molecule has 3 rings (SSSR count). The van der Waals surface area contributed by atoms with Gasteiger partial charge < -0.3 is 10.1 Å². The molecule has 0 atom stereocenters. The number of amides is 1. The molecule has 26 heavy (non-hydrogen) atoms. The van der Waals surface area contributed by atoms with Crippen molar-refractivity contribution in [3.05, 3.63) is 59.1 Å². The predicted octanol–water partition coefficient (Wildman–Crippen LogP) is 5.83. The lowest BCUT2D eigenvalue weighted by atomic mass is 9.78. The average molecular weight is 372 g/mol. The van der Waals surface area contributed by atoms with Crippen molar-refractivity contribution in [2.24, 2.45) is 5.92 Å². The smallest absolute Gasteiger partial charge is 0.235 e. The van der Waals surface area contributed by atoms with E-state index in [0.717, 1.165) is 42.7 Å². The molecule has 4 heteroatoms. The van der Waals surface area contributed by atoms with Crippen LogP contribution in [0, 0.1) is 5.92 Å². The number of halogens is 1. The first-order chi connectivity index (χ1) is 12.5. The molecule has 1 saturated carbocycles. The number of carbonyl (C=O) groups is 1. The highest BCUT2D eigenvalue weighted by atomic mass is 35.5. The normalized spacial score (nSPS) is 15.8. The lowest BCUT2D eigenvalue weighted by Crippen LogP contribution is -2.38. The van der Waals surface area contributed by atoms with Crippen molar-refractivity contribution in [2.75, 3.05) is 11.9 Å². The van der Waals surface area contributed by atoms with Crippen molar-refractivity contribution < 1.29 is 9.53 Å². The third-order valence-electron chi connectivity index (χ3n) is 4.98. The van der Waals surface area contributed by atoms with E-state index in [9.17, 15) is 4.79 Å². The molecule has 0 aliphatic heterocycles. The second-order valence-corrected chi connectivity index (χ2v) is 7.86. The number of anilines is 1. The molecule has 0 unspecified atom stereocenters. The largest absolute Gasteiger partial charge is 0.493 e. The van der Waals surface area contributed by atoms with Crippen molar-refractivity contribution >= 4 is 23.2 Å². The maximum absolute atomic E-state index is 13.2. The van der Waals surface area contributed by atoms with Gasteiger partial charge in [-0.05, 0) is 54.7 Å². The minimum Gasteiger partial charge on any atom is -0.493 e. The Morgan fingerprint density at radius 2 is 1.77 bits per heavy atom. The molecule has 0 radical (unpaired) electrons. The van der Waals surface area contributed by atoms with Gasteiger partial charge in [0.15, 0.2) is 0 Å². The van der Waals surface area contributed by atoms with Crippen LogP contribution in [0.1, 0.15) is 45.1 Å². The van der Waals surface area contributed by atoms with E-state index in [1.807, 2.05) is 48.5 Å². The van der Waals surface area contributed by atoms with Crippen LogP contribution in [-0.2, 0) is 10.2 Å². The zero-order valence-corrected chi connectivity index (χ0v) is 16.2. The van der Waals surface area contributed by atoms with Gasteiger partial charge in [-0.3, -0.25) is 4.79 Å². The van der Waals surface area contributed by atoms with Crippen LogP contribution in [0.2, 0.25) is 5.02 Å². The minimum atomic E-state index is -0.537. The Balaban J connectivity index is 1.76. The number of hydrogen-bond donors (Lipinski definition) is 1. The molecule has 138 valence electrons. The van der Waals surface area contributed by atoms with Crippen molar-refractivity contribution in [1.82, 2.24) is 0 Å². The lowest BCUT2D eigenvalue weighted by molar-refractivity contribution is -0.121. The van der Waals surface area contributed by atoms with Crippen LogP contribution in [0.4, 0.5) is 5.69 Å². The molecule has 0 saturated heterocycles. The van der Waals surface area contributed by atoms with E-state index in [4.69, 9.17) is 16.3 Å². The highest BCUT2D eigenvalue weighted by Gasteiger charge is 2.43. The van der Waals surface area contributed by atoms with E-state index in [1.165, 1.54) is 0 Å². The second kappa shape index (κ2) is 8.13. The fraction of sp³-hybridized carbons (Fsp3) is 0.409. The highest BCUT2D eigenvalue weighted by molar-refractivity contribution is 6.31. The summed E-state index contributed by atoms with van der Waals surface area (Å²) < 4.78 is 5.70. The molecule has 2 aromatic carbocycles. The summed E-state index contributed by atoms with van der Waals surface area (Å²) in [6, 6.07) is 15.3. The van der Waals surface area contributed by atoms with Crippen molar-refractivity contribution in [3.63, 3.8) is 0 Å². The molecule has 2 aromatic rings.